The van der Waals surface area contributed by atoms with E-state index in [1.807, 2.05) is 62.4 Å². The number of carbonyl (C=O) groups excluding carboxylic acids is 2. The zero-order valence-corrected chi connectivity index (χ0v) is 20.7. The van der Waals surface area contributed by atoms with Crippen molar-refractivity contribution in [2.24, 2.45) is 5.41 Å². The second-order valence-corrected chi connectivity index (χ2v) is 10.1. The third-order valence-electron chi connectivity index (χ3n) is 6.56. The number of rotatable bonds is 6. The Balaban J connectivity index is 1.77. The summed E-state index contributed by atoms with van der Waals surface area (Å²) >= 11 is 0. The molecule has 34 heavy (non-hydrogen) atoms. The summed E-state index contributed by atoms with van der Waals surface area (Å²) in [6.45, 7) is 10.8. The van der Waals surface area contributed by atoms with Crippen LogP contribution in [-0.4, -0.2) is 18.3 Å². The molecule has 2 aromatic carbocycles. The fourth-order valence-electron chi connectivity index (χ4n) is 4.95. The fourth-order valence-corrected chi connectivity index (χ4v) is 4.95. The summed E-state index contributed by atoms with van der Waals surface area (Å²) in [6.07, 6.45) is 2.17. The van der Waals surface area contributed by atoms with Crippen LogP contribution in [0.3, 0.4) is 0 Å². The molecule has 2 aliphatic rings. The summed E-state index contributed by atoms with van der Waals surface area (Å²) < 4.78 is 5.76. The van der Waals surface area contributed by atoms with Gasteiger partial charge in [0, 0.05) is 40.6 Å². The average molecular weight is 459 g/mol. The molecule has 1 aliphatic carbocycles. The van der Waals surface area contributed by atoms with Gasteiger partial charge in [-0.25, -0.2) is 0 Å². The highest BCUT2D eigenvalue weighted by Gasteiger charge is 2.42. The number of hydrogen-bond acceptors (Lipinski definition) is 4. The van der Waals surface area contributed by atoms with Crippen molar-refractivity contribution >= 4 is 17.4 Å². The van der Waals surface area contributed by atoms with E-state index >= 15 is 0 Å². The first-order valence-electron chi connectivity index (χ1n) is 12.0. The molecule has 2 aromatic rings. The largest absolute Gasteiger partial charge is 0.494 e. The third kappa shape index (κ3) is 4.79. The SMILES string of the molecule is CCCOc1ccc(C2C(C(=O)Nc3ccccc3C)=C(C)NC3=C2C(=O)CC(C)(C)C3)cc1. The third-order valence-corrected chi connectivity index (χ3v) is 6.56. The van der Waals surface area contributed by atoms with E-state index in [-0.39, 0.29) is 17.1 Å². The normalized spacial score (nSPS) is 19.4. The molecule has 0 aromatic heterocycles. The van der Waals surface area contributed by atoms with E-state index in [4.69, 9.17) is 4.74 Å². The van der Waals surface area contributed by atoms with E-state index in [0.717, 1.165) is 46.8 Å². The molecule has 0 bridgehead atoms. The predicted molar refractivity (Wildman–Crippen MR) is 136 cm³/mol. The zero-order valence-electron chi connectivity index (χ0n) is 20.7. The Morgan fingerprint density at radius 3 is 2.47 bits per heavy atom. The second kappa shape index (κ2) is 9.49. The molecular formula is C29H34N2O3. The standard InChI is InChI=1S/C29H34N2O3/c1-6-15-34-21-13-11-20(12-14-21)26-25(28(33)31-22-10-8-7-9-18(22)2)19(3)30-23-16-29(4,5)17-24(32)27(23)26/h7-14,26,30H,6,15-17H2,1-5H3,(H,31,33). The zero-order chi connectivity index (χ0) is 24.5. The predicted octanol–water partition coefficient (Wildman–Crippen LogP) is 6.03. The number of anilines is 1. The van der Waals surface area contributed by atoms with Crippen molar-refractivity contribution in [3.05, 3.63) is 82.2 Å². The Morgan fingerprint density at radius 2 is 1.79 bits per heavy atom. The van der Waals surface area contributed by atoms with E-state index in [2.05, 4.69) is 31.4 Å². The molecule has 178 valence electrons. The number of carbonyl (C=O) groups is 2. The number of ether oxygens (including phenoxy) is 1. The first-order valence-corrected chi connectivity index (χ1v) is 12.0. The van der Waals surface area contributed by atoms with E-state index < -0.39 is 5.92 Å². The summed E-state index contributed by atoms with van der Waals surface area (Å²) in [6, 6.07) is 15.5. The lowest BCUT2D eigenvalue weighted by Gasteiger charge is -2.39. The summed E-state index contributed by atoms with van der Waals surface area (Å²) in [7, 11) is 0. The smallest absolute Gasteiger partial charge is 0.254 e. The van der Waals surface area contributed by atoms with Gasteiger partial charge in [0.2, 0.25) is 0 Å². The van der Waals surface area contributed by atoms with Crippen LogP contribution in [0.25, 0.3) is 0 Å². The number of nitrogens with one attached hydrogen (secondary N) is 2. The molecule has 0 radical (unpaired) electrons. The lowest BCUT2D eigenvalue weighted by molar-refractivity contribution is -0.118. The van der Waals surface area contributed by atoms with Crippen molar-refractivity contribution in [3.8, 4) is 5.75 Å². The molecule has 1 heterocycles. The maximum atomic E-state index is 13.7. The van der Waals surface area contributed by atoms with Crippen LogP contribution >= 0.6 is 0 Å². The molecule has 1 unspecified atom stereocenters. The molecule has 0 saturated carbocycles. The van der Waals surface area contributed by atoms with E-state index in [9.17, 15) is 9.59 Å². The van der Waals surface area contributed by atoms with Gasteiger partial charge in [-0.05, 0) is 61.4 Å². The van der Waals surface area contributed by atoms with E-state index in [0.29, 0.717) is 24.2 Å². The Kier molecular flexibility index (Phi) is 6.65. The lowest BCUT2D eigenvalue weighted by atomic mass is 9.68. The Hall–Kier alpha value is -3.34. The molecule has 1 atom stereocenters. The van der Waals surface area contributed by atoms with Gasteiger partial charge in [-0.1, -0.05) is 51.1 Å². The number of dihydropyridines is 1. The average Bonchev–Trinajstić information content (AvgIpc) is 2.77. The van der Waals surface area contributed by atoms with Crippen molar-refractivity contribution in [1.82, 2.24) is 5.32 Å². The van der Waals surface area contributed by atoms with Gasteiger partial charge < -0.3 is 15.4 Å². The molecule has 0 saturated heterocycles. The maximum Gasteiger partial charge on any atom is 0.254 e. The van der Waals surface area contributed by atoms with Crippen LogP contribution in [0.1, 0.15) is 64.0 Å². The minimum absolute atomic E-state index is 0.101. The topological polar surface area (TPSA) is 67.4 Å². The summed E-state index contributed by atoms with van der Waals surface area (Å²) in [4.78, 5) is 27.1. The molecule has 1 aliphatic heterocycles. The highest BCUT2D eigenvalue weighted by atomic mass is 16.5. The number of Topliss-reactive ketones (excluding diaryl/α,β-unsaturated/α-hetero) is 1. The molecule has 5 heteroatoms. The minimum Gasteiger partial charge on any atom is -0.494 e. The molecule has 0 fully saturated rings. The second-order valence-electron chi connectivity index (χ2n) is 10.1. The van der Waals surface area contributed by atoms with Gasteiger partial charge in [0.1, 0.15) is 5.75 Å². The number of ketones is 1. The van der Waals surface area contributed by atoms with Gasteiger partial charge in [0.05, 0.1) is 6.61 Å². The highest BCUT2D eigenvalue weighted by molar-refractivity contribution is 6.10. The van der Waals surface area contributed by atoms with Gasteiger partial charge in [-0.15, -0.1) is 0 Å². The van der Waals surface area contributed by atoms with Gasteiger partial charge in [0.25, 0.3) is 5.91 Å². The highest BCUT2D eigenvalue weighted by Crippen LogP contribution is 2.47. The number of aryl methyl sites for hydroxylation is 1. The van der Waals surface area contributed by atoms with Gasteiger partial charge in [-0.2, -0.15) is 0 Å². The number of benzene rings is 2. The number of amides is 1. The minimum atomic E-state index is -0.427. The van der Waals surface area contributed by atoms with Gasteiger partial charge in [-0.3, -0.25) is 9.59 Å². The molecule has 2 N–H and O–H groups in total. The molecule has 1 amide bonds. The van der Waals surface area contributed by atoms with Crippen molar-refractivity contribution in [3.63, 3.8) is 0 Å². The molecular weight excluding hydrogens is 424 g/mol. The lowest BCUT2D eigenvalue weighted by Crippen LogP contribution is -2.39. The summed E-state index contributed by atoms with van der Waals surface area (Å²) in [5, 5.41) is 6.51. The van der Waals surface area contributed by atoms with E-state index in [1.54, 1.807) is 0 Å². The van der Waals surface area contributed by atoms with Crippen molar-refractivity contribution < 1.29 is 14.3 Å². The van der Waals surface area contributed by atoms with Crippen LogP contribution < -0.4 is 15.4 Å². The number of allylic oxidation sites excluding steroid dienone is 3. The van der Waals surface area contributed by atoms with Gasteiger partial charge >= 0.3 is 0 Å². The van der Waals surface area contributed by atoms with Crippen molar-refractivity contribution in [2.45, 2.75) is 59.8 Å². The monoisotopic (exact) mass is 458 g/mol. The first kappa shape index (κ1) is 23.8. The van der Waals surface area contributed by atoms with Crippen LogP contribution in [0, 0.1) is 12.3 Å². The van der Waals surface area contributed by atoms with Crippen LogP contribution in [0.5, 0.6) is 5.75 Å². The van der Waals surface area contributed by atoms with Crippen molar-refractivity contribution in [2.75, 3.05) is 11.9 Å². The first-order chi connectivity index (χ1) is 16.2. The van der Waals surface area contributed by atoms with E-state index in [1.165, 1.54) is 0 Å². The Labute approximate surface area is 202 Å². The maximum absolute atomic E-state index is 13.7. The van der Waals surface area contributed by atoms with Crippen LogP contribution in [0.4, 0.5) is 5.69 Å². The van der Waals surface area contributed by atoms with Gasteiger partial charge in [0.15, 0.2) is 5.78 Å². The summed E-state index contributed by atoms with van der Waals surface area (Å²) in [5.41, 5.74) is 5.56. The summed E-state index contributed by atoms with van der Waals surface area (Å²) in [5.74, 6) is 0.268. The molecule has 4 rings (SSSR count). The van der Waals surface area contributed by atoms with Crippen LogP contribution in [0.15, 0.2) is 71.1 Å². The van der Waals surface area contributed by atoms with Crippen LogP contribution in [-0.2, 0) is 9.59 Å². The fraction of sp³-hybridized carbons (Fsp3) is 0.379. The Bertz CT molecular complexity index is 1170. The van der Waals surface area contributed by atoms with Crippen LogP contribution in [0.2, 0.25) is 0 Å². The quantitative estimate of drug-likeness (QED) is 0.555. The number of hydrogen-bond donors (Lipinski definition) is 2. The molecule has 5 nitrogen and oxygen atoms in total. The van der Waals surface area contributed by atoms with Crippen molar-refractivity contribution in [1.29, 1.82) is 0 Å². The molecule has 0 spiro atoms. The number of para-hydroxylation sites is 1. The Morgan fingerprint density at radius 1 is 1.09 bits per heavy atom.